The van der Waals surface area contributed by atoms with Gasteiger partial charge in [-0.3, -0.25) is 0 Å². The maximum absolute atomic E-state index is 10.6. The Kier molecular flexibility index (Phi) is 2.75. The Morgan fingerprint density at radius 2 is 2.08 bits per heavy atom. The van der Waals surface area contributed by atoms with Crippen molar-refractivity contribution in [1.82, 2.24) is 5.32 Å². The molecule has 0 spiro atoms. The monoisotopic (exact) mass is 192 g/mol. The molecule has 0 atom stereocenters. The predicted octanol–water partition coefficient (Wildman–Crippen LogP) is -0.193. The van der Waals surface area contributed by atoms with E-state index in [4.69, 9.17) is 5.14 Å². The first-order chi connectivity index (χ1) is 5.41. The maximum atomic E-state index is 10.6. The van der Waals surface area contributed by atoms with E-state index >= 15 is 0 Å². The molecular formula is C7H16N2O2S. The Morgan fingerprint density at radius 3 is 2.42 bits per heavy atom. The maximum Gasteiger partial charge on any atom is 0.210 e. The van der Waals surface area contributed by atoms with E-state index in [-0.39, 0.29) is 11.3 Å². The van der Waals surface area contributed by atoms with Crippen LogP contribution in [0.1, 0.15) is 26.2 Å². The fraction of sp³-hybridized carbons (Fsp3) is 1.00. The first-order valence-electron chi connectivity index (χ1n) is 4.17. The quantitative estimate of drug-likeness (QED) is 0.648. The van der Waals surface area contributed by atoms with Gasteiger partial charge in [0.1, 0.15) is 0 Å². The zero-order chi connectivity index (χ0) is 9.24. The minimum Gasteiger partial charge on any atom is -0.310 e. The Morgan fingerprint density at radius 1 is 1.50 bits per heavy atom. The fourth-order valence-electron chi connectivity index (χ4n) is 1.38. The van der Waals surface area contributed by atoms with Crippen LogP contribution in [0.15, 0.2) is 0 Å². The van der Waals surface area contributed by atoms with E-state index in [9.17, 15) is 8.42 Å². The summed E-state index contributed by atoms with van der Waals surface area (Å²) < 4.78 is 21.1. The lowest BCUT2D eigenvalue weighted by Crippen LogP contribution is -2.49. The number of rotatable bonds is 4. The molecule has 0 aromatic carbocycles. The molecule has 0 aromatic heterocycles. The van der Waals surface area contributed by atoms with Crippen LogP contribution in [0.5, 0.6) is 0 Å². The number of hydrogen-bond donors (Lipinski definition) is 2. The summed E-state index contributed by atoms with van der Waals surface area (Å²) >= 11 is 0. The molecule has 12 heavy (non-hydrogen) atoms. The Hall–Kier alpha value is -0.130. The van der Waals surface area contributed by atoms with Gasteiger partial charge in [-0.2, -0.15) is 0 Å². The van der Waals surface area contributed by atoms with E-state index in [1.54, 1.807) is 0 Å². The molecule has 0 aromatic rings. The molecule has 1 aliphatic carbocycles. The van der Waals surface area contributed by atoms with Crippen LogP contribution < -0.4 is 10.5 Å². The standard InChI is InChI=1S/C7H16N2O2S/c1-7(3-2-4-7)9-5-6-12(8,10)11/h9H,2-6H2,1H3,(H2,8,10,11). The number of primary sulfonamides is 1. The lowest BCUT2D eigenvalue weighted by molar-refractivity contribution is 0.213. The molecule has 0 saturated heterocycles. The summed E-state index contributed by atoms with van der Waals surface area (Å²) in [6.07, 6.45) is 3.51. The van der Waals surface area contributed by atoms with E-state index in [0.717, 1.165) is 12.8 Å². The van der Waals surface area contributed by atoms with Gasteiger partial charge in [-0.25, -0.2) is 13.6 Å². The largest absolute Gasteiger partial charge is 0.310 e. The third-order valence-electron chi connectivity index (χ3n) is 2.40. The SMILES string of the molecule is CC1(NCCS(N)(=O)=O)CCC1. The van der Waals surface area contributed by atoms with Crippen LogP contribution in [0.4, 0.5) is 0 Å². The summed E-state index contributed by atoms with van der Waals surface area (Å²) in [4.78, 5) is 0. The molecule has 72 valence electrons. The third kappa shape index (κ3) is 3.08. The molecule has 1 saturated carbocycles. The Bertz CT molecular complexity index is 244. The van der Waals surface area contributed by atoms with Crippen molar-refractivity contribution >= 4 is 10.0 Å². The lowest BCUT2D eigenvalue weighted by Gasteiger charge is -2.39. The van der Waals surface area contributed by atoms with Gasteiger partial charge in [0, 0.05) is 12.1 Å². The third-order valence-corrected chi connectivity index (χ3v) is 3.17. The van der Waals surface area contributed by atoms with Gasteiger partial charge in [0.2, 0.25) is 10.0 Å². The highest BCUT2D eigenvalue weighted by Gasteiger charge is 2.30. The minimum atomic E-state index is -3.29. The number of hydrogen-bond acceptors (Lipinski definition) is 3. The highest BCUT2D eigenvalue weighted by molar-refractivity contribution is 7.89. The van der Waals surface area contributed by atoms with E-state index in [0.29, 0.717) is 6.54 Å². The number of nitrogens with one attached hydrogen (secondary N) is 1. The van der Waals surface area contributed by atoms with Gasteiger partial charge in [0.05, 0.1) is 5.75 Å². The summed E-state index contributed by atoms with van der Waals surface area (Å²) in [5.41, 5.74) is 0.171. The average molecular weight is 192 g/mol. The lowest BCUT2D eigenvalue weighted by atomic mass is 9.79. The fourth-order valence-corrected chi connectivity index (χ4v) is 1.77. The van der Waals surface area contributed by atoms with Gasteiger partial charge in [0.15, 0.2) is 0 Å². The highest BCUT2D eigenvalue weighted by atomic mass is 32.2. The van der Waals surface area contributed by atoms with E-state index in [2.05, 4.69) is 12.2 Å². The minimum absolute atomic E-state index is 0.0303. The molecule has 1 rings (SSSR count). The number of nitrogens with two attached hydrogens (primary N) is 1. The van der Waals surface area contributed by atoms with Crippen molar-refractivity contribution in [2.24, 2.45) is 5.14 Å². The Labute approximate surface area is 73.6 Å². The first kappa shape index (κ1) is 9.95. The normalized spacial score (nSPS) is 21.8. The van der Waals surface area contributed by atoms with E-state index in [1.807, 2.05) is 0 Å². The van der Waals surface area contributed by atoms with Crippen LogP contribution in [0.3, 0.4) is 0 Å². The molecule has 4 nitrogen and oxygen atoms in total. The van der Waals surface area contributed by atoms with Crippen molar-refractivity contribution in [3.8, 4) is 0 Å². The van der Waals surface area contributed by atoms with Crippen molar-refractivity contribution in [3.05, 3.63) is 0 Å². The van der Waals surface area contributed by atoms with Gasteiger partial charge in [0.25, 0.3) is 0 Å². The summed E-state index contributed by atoms with van der Waals surface area (Å²) in [5.74, 6) is 0.0303. The van der Waals surface area contributed by atoms with E-state index in [1.165, 1.54) is 6.42 Å². The number of sulfonamides is 1. The Balaban J connectivity index is 2.18. The summed E-state index contributed by atoms with van der Waals surface area (Å²) in [5, 5.41) is 8.05. The first-order valence-corrected chi connectivity index (χ1v) is 5.88. The summed E-state index contributed by atoms with van der Waals surface area (Å²) in [6.45, 7) is 2.58. The van der Waals surface area contributed by atoms with Gasteiger partial charge in [-0.05, 0) is 26.2 Å². The predicted molar refractivity (Wildman–Crippen MR) is 48.2 cm³/mol. The molecule has 0 radical (unpaired) electrons. The molecule has 0 heterocycles. The van der Waals surface area contributed by atoms with Crippen LogP contribution in [-0.2, 0) is 10.0 Å². The smallest absolute Gasteiger partial charge is 0.210 e. The van der Waals surface area contributed by atoms with Crippen molar-refractivity contribution < 1.29 is 8.42 Å². The average Bonchev–Trinajstić information content (AvgIpc) is 1.81. The molecule has 0 aliphatic heterocycles. The van der Waals surface area contributed by atoms with Gasteiger partial charge >= 0.3 is 0 Å². The van der Waals surface area contributed by atoms with Crippen LogP contribution in [0.2, 0.25) is 0 Å². The molecule has 0 unspecified atom stereocenters. The van der Waals surface area contributed by atoms with Crippen molar-refractivity contribution in [2.45, 2.75) is 31.7 Å². The second-order valence-corrected chi connectivity index (χ2v) is 5.44. The van der Waals surface area contributed by atoms with Crippen LogP contribution >= 0.6 is 0 Å². The van der Waals surface area contributed by atoms with E-state index < -0.39 is 10.0 Å². The second kappa shape index (κ2) is 3.32. The van der Waals surface area contributed by atoms with Gasteiger partial charge in [-0.1, -0.05) is 0 Å². The summed E-state index contributed by atoms with van der Waals surface area (Å²) in [7, 11) is -3.29. The molecular weight excluding hydrogens is 176 g/mol. The zero-order valence-corrected chi connectivity index (χ0v) is 8.15. The second-order valence-electron chi connectivity index (χ2n) is 3.71. The topological polar surface area (TPSA) is 72.2 Å². The van der Waals surface area contributed by atoms with Gasteiger partial charge in [-0.15, -0.1) is 0 Å². The molecule has 1 aliphatic rings. The highest BCUT2D eigenvalue weighted by Crippen LogP contribution is 2.30. The molecule has 1 fully saturated rings. The molecule has 0 amide bonds. The molecule has 0 bridgehead atoms. The van der Waals surface area contributed by atoms with Crippen molar-refractivity contribution in [3.63, 3.8) is 0 Å². The van der Waals surface area contributed by atoms with Crippen molar-refractivity contribution in [1.29, 1.82) is 0 Å². The van der Waals surface area contributed by atoms with Crippen LogP contribution in [0.25, 0.3) is 0 Å². The van der Waals surface area contributed by atoms with Crippen molar-refractivity contribution in [2.75, 3.05) is 12.3 Å². The van der Waals surface area contributed by atoms with Crippen LogP contribution in [-0.4, -0.2) is 26.3 Å². The van der Waals surface area contributed by atoms with Gasteiger partial charge < -0.3 is 5.32 Å². The molecule has 5 heteroatoms. The molecule has 3 N–H and O–H groups in total. The zero-order valence-electron chi connectivity index (χ0n) is 7.34. The van der Waals surface area contributed by atoms with Crippen LogP contribution in [0, 0.1) is 0 Å². The summed E-state index contributed by atoms with van der Waals surface area (Å²) in [6, 6.07) is 0.